The van der Waals surface area contributed by atoms with E-state index >= 15 is 0 Å². The molecule has 0 aliphatic heterocycles. The van der Waals surface area contributed by atoms with Crippen molar-refractivity contribution in [1.29, 1.82) is 0 Å². The van der Waals surface area contributed by atoms with Crippen LogP contribution in [0, 0.1) is 0 Å². The quantitative estimate of drug-likeness (QED) is 0.142. The van der Waals surface area contributed by atoms with E-state index in [2.05, 4.69) is 22.4 Å². The highest BCUT2D eigenvalue weighted by Crippen LogP contribution is 2.16. The second-order valence-corrected chi connectivity index (χ2v) is 8.78. The van der Waals surface area contributed by atoms with E-state index in [1.54, 1.807) is 6.21 Å². The number of nitrogens with one attached hydrogen (secondary N) is 2. The van der Waals surface area contributed by atoms with Crippen LogP contribution in [0.3, 0.4) is 0 Å². The number of aromatic nitrogens is 1. The number of rotatable bonds is 18. The molecule has 2 aromatic rings. The number of hydrogen-bond donors (Lipinski definition) is 2. The molecule has 0 saturated heterocycles. The Morgan fingerprint density at radius 1 is 0.839 bits per heavy atom. The van der Waals surface area contributed by atoms with Crippen LogP contribution in [0.1, 0.15) is 115 Å². The minimum atomic E-state index is 0.00536. The van der Waals surface area contributed by atoms with Crippen molar-refractivity contribution >= 4 is 23.0 Å². The molecule has 0 unspecified atom stereocenters. The number of carbonyl (C=O) groups is 1. The molecule has 0 fully saturated rings. The third-order valence-electron chi connectivity index (χ3n) is 6.02. The Hall–Kier alpha value is -2.10. The Kier molecular flexibility index (Phi) is 13.5. The average Bonchev–Trinajstić information content (AvgIpc) is 3.19. The summed E-state index contributed by atoms with van der Waals surface area (Å²) in [6.45, 7) is 2.28. The zero-order chi connectivity index (χ0) is 22.0. The molecule has 31 heavy (non-hydrogen) atoms. The van der Waals surface area contributed by atoms with Crippen molar-refractivity contribution in [2.24, 2.45) is 5.10 Å². The molecule has 0 bridgehead atoms. The van der Waals surface area contributed by atoms with Crippen LogP contribution in [0.15, 0.2) is 35.6 Å². The number of para-hydroxylation sites is 1. The number of hydrogen-bond acceptors (Lipinski definition) is 2. The molecule has 172 valence electrons. The average molecular weight is 426 g/mol. The Morgan fingerprint density at radius 3 is 2.00 bits per heavy atom. The van der Waals surface area contributed by atoms with Gasteiger partial charge in [-0.15, -0.1) is 0 Å². The standard InChI is InChI=1S/C27H43N3O/c1-2-3-4-5-6-7-8-9-10-11-12-13-14-15-16-21-27(31)30-29-23-24-22-28-26-20-18-17-19-25(24)26/h17-20,22-23,28H,2-16,21H2,1H3,(H,30,31)/b29-23-. The van der Waals surface area contributed by atoms with E-state index in [4.69, 9.17) is 0 Å². The van der Waals surface area contributed by atoms with E-state index < -0.39 is 0 Å². The van der Waals surface area contributed by atoms with Crippen LogP contribution in [-0.2, 0) is 4.79 Å². The molecule has 0 saturated carbocycles. The molecule has 2 rings (SSSR count). The summed E-state index contributed by atoms with van der Waals surface area (Å²) < 4.78 is 0. The lowest BCUT2D eigenvalue weighted by atomic mass is 10.0. The fraction of sp³-hybridized carbons (Fsp3) is 0.630. The maximum atomic E-state index is 11.9. The van der Waals surface area contributed by atoms with E-state index in [1.807, 2.05) is 30.5 Å². The first kappa shape index (κ1) is 25.2. The first-order chi connectivity index (χ1) is 15.3. The summed E-state index contributed by atoms with van der Waals surface area (Å²) in [5.41, 5.74) is 4.72. The zero-order valence-corrected chi connectivity index (χ0v) is 19.6. The second-order valence-electron chi connectivity index (χ2n) is 8.78. The topological polar surface area (TPSA) is 57.2 Å². The molecule has 1 aromatic carbocycles. The summed E-state index contributed by atoms with van der Waals surface area (Å²) >= 11 is 0. The highest BCUT2D eigenvalue weighted by molar-refractivity contribution is 5.99. The Labute approximate surface area is 189 Å². The fourth-order valence-corrected chi connectivity index (χ4v) is 4.09. The first-order valence-corrected chi connectivity index (χ1v) is 12.7. The van der Waals surface area contributed by atoms with Crippen molar-refractivity contribution in [2.75, 3.05) is 0 Å². The van der Waals surface area contributed by atoms with Crippen molar-refractivity contribution in [3.8, 4) is 0 Å². The van der Waals surface area contributed by atoms with Gasteiger partial charge in [-0.05, 0) is 12.5 Å². The number of amides is 1. The summed E-state index contributed by atoms with van der Waals surface area (Å²) in [4.78, 5) is 15.1. The number of unbranched alkanes of at least 4 members (excludes halogenated alkanes) is 14. The van der Waals surface area contributed by atoms with E-state index in [0.29, 0.717) is 6.42 Å². The molecule has 0 radical (unpaired) electrons. The molecular weight excluding hydrogens is 382 g/mol. The smallest absolute Gasteiger partial charge is 0.240 e. The van der Waals surface area contributed by atoms with Gasteiger partial charge >= 0.3 is 0 Å². The number of fused-ring (bicyclic) bond motifs is 1. The molecule has 0 atom stereocenters. The van der Waals surface area contributed by atoms with Crippen molar-refractivity contribution in [3.63, 3.8) is 0 Å². The summed E-state index contributed by atoms with van der Waals surface area (Å²) in [6.07, 6.45) is 24.2. The number of benzene rings is 1. The molecule has 1 aromatic heterocycles. The van der Waals surface area contributed by atoms with Crippen LogP contribution in [0.4, 0.5) is 0 Å². The van der Waals surface area contributed by atoms with Crippen molar-refractivity contribution in [2.45, 2.75) is 110 Å². The molecular formula is C27H43N3O. The summed E-state index contributed by atoms with van der Waals surface area (Å²) in [5, 5.41) is 5.22. The minimum absolute atomic E-state index is 0.00536. The zero-order valence-electron chi connectivity index (χ0n) is 19.6. The van der Waals surface area contributed by atoms with Gasteiger partial charge in [-0.1, -0.05) is 115 Å². The van der Waals surface area contributed by atoms with Gasteiger partial charge in [0, 0.05) is 29.1 Å². The molecule has 0 spiro atoms. The number of hydrazone groups is 1. The van der Waals surface area contributed by atoms with E-state index in [1.165, 1.54) is 83.5 Å². The summed E-state index contributed by atoms with van der Waals surface area (Å²) in [5.74, 6) is 0.00536. The van der Waals surface area contributed by atoms with Crippen LogP contribution in [0.25, 0.3) is 10.9 Å². The van der Waals surface area contributed by atoms with Gasteiger partial charge in [-0.3, -0.25) is 4.79 Å². The maximum absolute atomic E-state index is 11.9. The van der Waals surface area contributed by atoms with Crippen LogP contribution in [-0.4, -0.2) is 17.1 Å². The third kappa shape index (κ3) is 11.2. The van der Waals surface area contributed by atoms with Crippen LogP contribution in [0.5, 0.6) is 0 Å². The number of nitrogens with zero attached hydrogens (tertiary/aromatic N) is 1. The van der Waals surface area contributed by atoms with Gasteiger partial charge in [0.25, 0.3) is 0 Å². The molecule has 0 aliphatic carbocycles. The number of aromatic amines is 1. The molecule has 0 aliphatic rings. The maximum Gasteiger partial charge on any atom is 0.240 e. The van der Waals surface area contributed by atoms with Crippen LogP contribution >= 0.6 is 0 Å². The van der Waals surface area contributed by atoms with Crippen molar-refractivity contribution < 1.29 is 4.79 Å². The minimum Gasteiger partial charge on any atom is -0.361 e. The largest absolute Gasteiger partial charge is 0.361 e. The van der Waals surface area contributed by atoms with Crippen LogP contribution in [0.2, 0.25) is 0 Å². The predicted octanol–water partition coefficient (Wildman–Crippen LogP) is 7.88. The molecule has 2 N–H and O–H groups in total. The Morgan fingerprint density at radius 2 is 1.39 bits per heavy atom. The SMILES string of the molecule is CCCCCCCCCCCCCCCCCC(=O)N/N=C\c1c[nH]c2ccccc12. The number of carbonyl (C=O) groups excluding carboxylic acids is 1. The fourth-order valence-electron chi connectivity index (χ4n) is 4.09. The number of H-pyrrole nitrogens is 1. The van der Waals surface area contributed by atoms with Gasteiger partial charge in [0.1, 0.15) is 0 Å². The van der Waals surface area contributed by atoms with Crippen molar-refractivity contribution in [1.82, 2.24) is 10.4 Å². The molecule has 1 heterocycles. The van der Waals surface area contributed by atoms with Gasteiger partial charge in [0.2, 0.25) is 5.91 Å². The van der Waals surface area contributed by atoms with Gasteiger partial charge in [-0.25, -0.2) is 5.43 Å². The van der Waals surface area contributed by atoms with Gasteiger partial charge in [0.05, 0.1) is 6.21 Å². The highest BCUT2D eigenvalue weighted by Gasteiger charge is 2.02. The van der Waals surface area contributed by atoms with Gasteiger partial charge < -0.3 is 4.98 Å². The summed E-state index contributed by atoms with van der Waals surface area (Å²) in [7, 11) is 0. The summed E-state index contributed by atoms with van der Waals surface area (Å²) in [6, 6.07) is 8.08. The Balaban J connectivity index is 1.38. The molecule has 4 heteroatoms. The first-order valence-electron chi connectivity index (χ1n) is 12.7. The third-order valence-corrected chi connectivity index (χ3v) is 6.02. The molecule has 1 amide bonds. The lowest BCUT2D eigenvalue weighted by molar-refractivity contribution is -0.121. The van der Waals surface area contributed by atoms with E-state index in [9.17, 15) is 4.79 Å². The lowest BCUT2D eigenvalue weighted by Crippen LogP contribution is -2.16. The highest BCUT2D eigenvalue weighted by atomic mass is 16.2. The van der Waals surface area contributed by atoms with Gasteiger partial charge in [-0.2, -0.15) is 5.10 Å². The predicted molar refractivity (Wildman–Crippen MR) is 134 cm³/mol. The van der Waals surface area contributed by atoms with E-state index in [0.717, 1.165) is 29.3 Å². The molecule has 4 nitrogen and oxygen atoms in total. The lowest BCUT2D eigenvalue weighted by Gasteiger charge is -2.03. The van der Waals surface area contributed by atoms with Crippen LogP contribution < -0.4 is 5.43 Å². The Bertz CT molecular complexity index is 750. The monoisotopic (exact) mass is 425 g/mol. The normalized spacial score (nSPS) is 11.5. The van der Waals surface area contributed by atoms with E-state index in [-0.39, 0.29) is 5.91 Å². The van der Waals surface area contributed by atoms with Gasteiger partial charge in [0.15, 0.2) is 0 Å². The van der Waals surface area contributed by atoms with Crippen molar-refractivity contribution in [3.05, 3.63) is 36.0 Å². The second kappa shape index (κ2) is 16.6.